The molecule has 1 aliphatic carbocycles. The summed E-state index contributed by atoms with van der Waals surface area (Å²) in [6, 6.07) is 2.77. The Bertz CT molecular complexity index is 514. The van der Waals surface area contributed by atoms with Crippen LogP contribution < -0.4 is 0 Å². The van der Waals surface area contributed by atoms with Gasteiger partial charge in [-0.1, -0.05) is 43.1 Å². The molecule has 0 nitrogen and oxygen atoms in total. The van der Waals surface area contributed by atoms with Gasteiger partial charge in [0.05, 0.1) is 4.47 Å². The molecule has 118 valence electrons. The maximum absolute atomic E-state index is 14.2. The van der Waals surface area contributed by atoms with Crippen molar-refractivity contribution in [2.24, 2.45) is 17.3 Å². The summed E-state index contributed by atoms with van der Waals surface area (Å²) in [5, 5.41) is 0. The van der Waals surface area contributed by atoms with E-state index in [2.05, 4.69) is 52.6 Å². The van der Waals surface area contributed by atoms with Crippen LogP contribution in [0.2, 0.25) is 0 Å². The van der Waals surface area contributed by atoms with Gasteiger partial charge in [0.1, 0.15) is 11.6 Å². The van der Waals surface area contributed by atoms with E-state index in [1.807, 2.05) is 0 Å². The van der Waals surface area contributed by atoms with Crippen LogP contribution >= 0.6 is 31.9 Å². The van der Waals surface area contributed by atoms with Crippen LogP contribution in [0.5, 0.6) is 0 Å². The van der Waals surface area contributed by atoms with Crippen molar-refractivity contribution in [1.29, 1.82) is 0 Å². The Morgan fingerprint density at radius 1 is 1.24 bits per heavy atom. The highest BCUT2D eigenvalue weighted by Gasteiger charge is 2.38. The molecule has 0 aliphatic heterocycles. The minimum absolute atomic E-state index is 0.142. The van der Waals surface area contributed by atoms with Crippen LogP contribution in [0.3, 0.4) is 0 Å². The molecule has 1 fully saturated rings. The summed E-state index contributed by atoms with van der Waals surface area (Å²) in [5.74, 6) is 0.254. The predicted molar refractivity (Wildman–Crippen MR) is 90.8 cm³/mol. The van der Waals surface area contributed by atoms with E-state index in [1.54, 1.807) is 0 Å². The van der Waals surface area contributed by atoms with Crippen LogP contribution in [0.4, 0.5) is 8.78 Å². The highest BCUT2D eigenvalue weighted by molar-refractivity contribution is 9.10. The Labute approximate surface area is 143 Å². The molecule has 0 saturated heterocycles. The molecule has 4 heteroatoms. The minimum Gasteiger partial charge on any atom is -0.207 e. The zero-order valence-electron chi connectivity index (χ0n) is 12.7. The van der Waals surface area contributed by atoms with Gasteiger partial charge in [-0.05, 0) is 64.6 Å². The van der Waals surface area contributed by atoms with Crippen molar-refractivity contribution in [1.82, 2.24) is 0 Å². The summed E-state index contributed by atoms with van der Waals surface area (Å²) in [4.78, 5) is 0.425. The van der Waals surface area contributed by atoms with Crippen LogP contribution in [0.15, 0.2) is 16.6 Å². The average Bonchev–Trinajstić information content (AvgIpc) is 2.39. The van der Waals surface area contributed by atoms with E-state index >= 15 is 0 Å². The van der Waals surface area contributed by atoms with Gasteiger partial charge in [0, 0.05) is 10.4 Å². The van der Waals surface area contributed by atoms with Gasteiger partial charge >= 0.3 is 0 Å². The van der Waals surface area contributed by atoms with Gasteiger partial charge in [-0.25, -0.2) is 8.78 Å². The lowest BCUT2D eigenvalue weighted by atomic mass is 9.66. The van der Waals surface area contributed by atoms with E-state index < -0.39 is 11.6 Å². The van der Waals surface area contributed by atoms with E-state index in [4.69, 9.17) is 0 Å². The Morgan fingerprint density at radius 3 is 2.52 bits per heavy atom. The summed E-state index contributed by atoms with van der Waals surface area (Å²) >= 11 is 6.95. The Morgan fingerprint density at radius 2 is 1.90 bits per heavy atom. The fraction of sp³-hybridized carbons (Fsp3) is 0.647. The SMILES string of the molecule is CC1CCC(C(C)(C)Cc2c(F)ccc(Br)c2F)C(Br)C1. The van der Waals surface area contributed by atoms with Crippen molar-refractivity contribution in [2.75, 3.05) is 0 Å². The lowest BCUT2D eigenvalue weighted by Gasteiger charge is -2.42. The Balaban J connectivity index is 2.23. The van der Waals surface area contributed by atoms with Gasteiger partial charge in [-0.3, -0.25) is 0 Å². The summed E-state index contributed by atoms with van der Waals surface area (Å²) < 4.78 is 28.6. The Hall–Kier alpha value is 0.0400. The summed E-state index contributed by atoms with van der Waals surface area (Å²) in [6.45, 7) is 6.52. The number of benzene rings is 1. The maximum atomic E-state index is 14.2. The normalized spacial score (nSPS) is 26.9. The van der Waals surface area contributed by atoms with Crippen LogP contribution in [-0.2, 0) is 6.42 Å². The first-order chi connectivity index (χ1) is 9.72. The van der Waals surface area contributed by atoms with Gasteiger partial charge in [0.15, 0.2) is 0 Å². The molecule has 0 amide bonds. The third kappa shape index (κ3) is 3.87. The number of halogens is 4. The standard InChI is InChI=1S/C17H22Br2F2/c1-10-4-5-12(14(19)8-10)17(2,3)9-11-15(20)7-6-13(18)16(11)21/h6-7,10,12,14H,4-5,8-9H2,1-3H3. The van der Waals surface area contributed by atoms with Gasteiger partial charge in [0.25, 0.3) is 0 Å². The molecule has 0 spiro atoms. The van der Waals surface area contributed by atoms with Crippen LogP contribution in [-0.4, -0.2) is 4.83 Å². The maximum Gasteiger partial charge on any atom is 0.143 e. The predicted octanol–water partition coefficient (Wildman–Crippen LogP) is 6.50. The van der Waals surface area contributed by atoms with Crippen molar-refractivity contribution in [3.8, 4) is 0 Å². The summed E-state index contributed by atoms with van der Waals surface area (Å²) in [5.41, 5.74) is 0.0595. The molecule has 0 aromatic heterocycles. The molecule has 3 unspecified atom stereocenters. The van der Waals surface area contributed by atoms with E-state index in [-0.39, 0.29) is 11.0 Å². The van der Waals surface area contributed by atoms with Crippen LogP contribution in [0.25, 0.3) is 0 Å². The second-order valence-corrected chi connectivity index (χ2v) is 9.06. The highest BCUT2D eigenvalue weighted by atomic mass is 79.9. The van der Waals surface area contributed by atoms with Gasteiger partial charge < -0.3 is 0 Å². The van der Waals surface area contributed by atoms with Crippen molar-refractivity contribution < 1.29 is 8.78 Å². The smallest absolute Gasteiger partial charge is 0.143 e. The first-order valence-electron chi connectivity index (χ1n) is 7.49. The quantitative estimate of drug-likeness (QED) is 0.384. The first kappa shape index (κ1) is 17.4. The number of hydrogen-bond donors (Lipinski definition) is 0. The molecular weight excluding hydrogens is 402 g/mol. The molecule has 0 N–H and O–H groups in total. The molecule has 1 aromatic carbocycles. The van der Waals surface area contributed by atoms with Crippen LogP contribution in [0.1, 0.15) is 45.6 Å². The molecule has 1 saturated carbocycles. The molecule has 0 heterocycles. The zero-order valence-corrected chi connectivity index (χ0v) is 15.9. The second-order valence-electron chi connectivity index (χ2n) is 7.03. The van der Waals surface area contributed by atoms with Gasteiger partial charge in [-0.2, -0.15) is 0 Å². The average molecular weight is 424 g/mol. The van der Waals surface area contributed by atoms with Crippen molar-refractivity contribution >= 4 is 31.9 Å². The number of alkyl halides is 1. The molecule has 1 aromatic rings. The Kier molecular flexibility index (Phi) is 5.51. The largest absolute Gasteiger partial charge is 0.207 e. The molecule has 0 bridgehead atoms. The first-order valence-corrected chi connectivity index (χ1v) is 9.19. The van der Waals surface area contributed by atoms with E-state index in [0.717, 1.165) is 18.8 Å². The fourth-order valence-corrected chi connectivity index (χ4v) is 5.50. The summed E-state index contributed by atoms with van der Waals surface area (Å²) in [6.07, 6.45) is 3.86. The van der Waals surface area contributed by atoms with E-state index in [0.29, 0.717) is 21.6 Å². The fourth-order valence-electron chi connectivity index (χ4n) is 3.51. The van der Waals surface area contributed by atoms with E-state index in [1.165, 1.54) is 18.6 Å². The third-order valence-corrected chi connectivity index (χ3v) is 6.43. The van der Waals surface area contributed by atoms with E-state index in [9.17, 15) is 8.78 Å². The minimum atomic E-state index is -0.460. The molecular formula is C17H22Br2F2. The summed E-state index contributed by atoms with van der Waals surface area (Å²) in [7, 11) is 0. The third-order valence-electron chi connectivity index (χ3n) is 4.81. The second kappa shape index (κ2) is 6.66. The van der Waals surface area contributed by atoms with Gasteiger partial charge in [-0.15, -0.1) is 0 Å². The van der Waals surface area contributed by atoms with Crippen molar-refractivity contribution in [3.05, 3.63) is 33.8 Å². The molecule has 0 radical (unpaired) electrons. The zero-order chi connectivity index (χ0) is 15.8. The molecule has 3 atom stereocenters. The lowest BCUT2D eigenvalue weighted by Crippen LogP contribution is -2.37. The van der Waals surface area contributed by atoms with Crippen molar-refractivity contribution in [3.63, 3.8) is 0 Å². The number of hydrogen-bond acceptors (Lipinski definition) is 0. The molecule has 2 rings (SSSR count). The monoisotopic (exact) mass is 422 g/mol. The van der Waals surface area contributed by atoms with Crippen LogP contribution in [0, 0.1) is 28.9 Å². The molecule has 21 heavy (non-hydrogen) atoms. The topological polar surface area (TPSA) is 0 Å². The lowest BCUT2D eigenvalue weighted by molar-refractivity contribution is 0.144. The number of rotatable bonds is 3. The van der Waals surface area contributed by atoms with Gasteiger partial charge in [0.2, 0.25) is 0 Å². The van der Waals surface area contributed by atoms with Crippen molar-refractivity contribution in [2.45, 2.75) is 51.3 Å². The highest BCUT2D eigenvalue weighted by Crippen LogP contribution is 2.45. The molecule has 1 aliphatic rings.